The van der Waals surface area contributed by atoms with E-state index in [9.17, 15) is 9.59 Å². The van der Waals surface area contributed by atoms with E-state index in [-0.39, 0.29) is 18.2 Å². The van der Waals surface area contributed by atoms with Crippen molar-refractivity contribution in [2.24, 2.45) is 0 Å². The molecule has 29 heavy (non-hydrogen) atoms. The highest BCUT2D eigenvalue weighted by molar-refractivity contribution is 7.80. The van der Waals surface area contributed by atoms with Gasteiger partial charge < -0.3 is 25.6 Å². The van der Waals surface area contributed by atoms with Gasteiger partial charge in [-0.3, -0.25) is 9.59 Å². The standard InChI is InChI=1S/C20H21ClN4O3S/c1-28-17-8-7-13(21)11-15(17)24-18(26)12-16-19(27)22-9-10-25(16)20(29)23-14-5-3-2-4-6-14/h2-8,11,16H,9-10,12H2,1H3,(H,22,27)(H,23,29)(H,24,26). The molecule has 1 atom stereocenters. The van der Waals surface area contributed by atoms with E-state index in [4.69, 9.17) is 28.6 Å². The minimum Gasteiger partial charge on any atom is -0.495 e. The first-order valence-electron chi connectivity index (χ1n) is 9.01. The summed E-state index contributed by atoms with van der Waals surface area (Å²) >= 11 is 11.5. The average Bonchev–Trinajstić information content (AvgIpc) is 2.70. The number of hydrogen-bond donors (Lipinski definition) is 3. The first kappa shape index (κ1) is 20.9. The van der Waals surface area contributed by atoms with Crippen molar-refractivity contribution < 1.29 is 14.3 Å². The maximum Gasteiger partial charge on any atom is 0.243 e. The minimum absolute atomic E-state index is 0.0713. The van der Waals surface area contributed by atoms with Crippen molar-refractivity contribution in [3.8, 4) is 5.75 Å². The minimum atomic E-state index is -0.724. The maximum absolute atomic E-state index is 12.7. The smallest absolute Gasteiger partial charge is 0.243 e. The number of thiocarbonyl (C=S) groups is 1. The SMILES string of the molecule is COc1ccc(Cl)cc1NC(=O)CC1C(=O)NCCN1C(=S)Nc1ccccc1. The van der Waals surface area contributed by atoms with Gasteiger partial charge in [-0.15, -0.1) is 0 Å². The van der Waals surface area contributed by atoms with Crippen LogP contribution in [-0.4, -0.2) is 48.1 Å². The number of piperazine rings is 1. The number of methoxy groups -OCH3 is 1. The Bertz CT molecular complexity index is 910. The zero-order valence-corrected chi connectivity index (χ0v) is 17.3. The van der Waals surface area contributed by atoms with Gasteiger partial charge >= 0.3 is 0 Å². The number of anilines is 2. The molecule has 1 saturated heterocycles. The summed E-state index contributed by atoms with van der Waals surface area (Å²) < 4.78 is 5.24. The molecule has 9 heteroatoms. The highest BCUT2D eigenvalue weighted by atomic mass is 35.5. The second-order valence-corrected chi connectivity index (χ2v) is 7.22. The summed E-state index contributed by atoms with van der Waals surface area (Å²) in [6.07, 6.45) is -0.0713. The molecule has 0 spiro atoms. The van der Waals surface area contributed by atoms with Crippen LogP contribution in [0.5, 0.6) is 5.75 Å². The largest absolute Gasteiger partial charge is 0.495 e. The van der Waals surface area contributed by atoms with Crippen LogP contribution in [0.3, 0.4) is 0 Å². The van der Waals surface area contributed by atoms with Crippen molar-refractivity contribution in [1.82, 2.24) is 10.2 Å². The Morgan fingerprint density at radius 2 is 2.03 bits per heavy atom. The summed E-state index contributed by atoms with van der Waals surface area (Å²) in [7, 11) is 1.50. The number of carbonyl (C=O) groups excluding carboxylic acids is 2. The number of nitrogens with one attached hydrogen (secondary N) is 3. The second-order valence-electron chi connectivity index (χ2n) is 6.39. The summed E-state index contributed by atoms with van der Waals surface area (Å²) in [5.41, 5.74) is 1.26. The van der Waals surface area contributed by atoms with E-state index in [1.807, 2.05) is 30.3 Å². The molecular formula is C20H21ClN4O3S. The van der Waals surface area contributed by atoms with E-state index in [2.05, 4.69) is 16.0 Å². The van der Waals surface area contributed by atoms with Gasteiger partial charge in [-0.25, -0.2) is 0 Å². The van der Waals surface area contributed by atoms with E-state index >= 15 is 0 Å². The topological polar surface area (TPSA) is 82.7 Å². The van der Waals surface area contributed by atoms with Gasteiger partial charge in [0.15, 0.2) is 5.11 Å². The van der Waals surface area contributed by atoms with Crippen LogP contribution in [0.2, 0.25) is 5.02 Å². The monoisotopic (exact) mass is 432 g/mol. The lowest BCUT2D eigenvalue weighted by atomic mass is 10.1. The molecule has 1 unspecified atom stereocenters. The molecule has 0 saturated carbocycles. The van der Waals surface area contributed by atoms with Crippen LogP contribution < -0.4 is 20.7 Å². The van der Waals surface area contributed by atoms with E-state index in [0.29, 0.717) is 34.7 Å². The summed E-state index contributed by atoms with van der Waals surface area (Å²) in [6, 6.07) is 13.6. The molecule has 0 radical (unpaired) electrons. The van der Waals surface area contributed by atoms with Crippen molar-refractivity contribution in [3.05, 3.63) is 53.6 Å². The average molecular weight is 433 g/mol. The molecule has 0 aromatic heterocycles. The molecule has 7 nitrogen and oxygen atoms in total. The molecule has 1 heterocycles. The summed E-state index contributed by atoms with van der Waals surface area (Å²) in [4.78, 5) is 26.8. The third-order valence-electron chi connectivity index (χ3n) is 4.43. The van der Waals surface area contributed by atoms with Gasteiger partial charge in [-0.1, -0.05) is 29.8 Å². The summed E-state index contributed by atoms with van der Waals surface area (Å²) in [5.74, 6) is -0.115. The van der Waals surface area contributed by atoms with Crippen molar-refractivity contribution in [2.45, 2.75) is 12.5 Å². The molecule has 2 aromatic carbocycles. The molecule has 152 valence electrons. The Kier molecular flexibility index (Phi) is 6.90. The van der Waals surface area contributed by atoms with Crippen LogP contribution >= 0.6 is 23.8 Å². The van der Waals surface area contributed by atoms with Crippen LogP contribution in [0.4, 0.5) is 11.4 Å². The lowest BCUT2D eigenvalue weighted by molar-refractivity contribution is -0.130. The predicted molar refractivity (Wildman–Crippen MR) is 117 cm³/mol. The normalized spacial score (nSPS) is 16.0. The number of carbonyl (C=O) groups is 2. The maximum atomic E-state index is 12.7. The van der Waals surface area contributed by atoms with Crippen molar-refractivity contribution >= 4 is 52.1 Å². The fourth-order valence-electron chi connectivity index (χ4n) is 3.03. The number of hydrogen-bond acceptors (Lipinski definition) is 4. The molecule has 1 fully saturated rings. The first-order chi connectivity index (χ1) is 14.0. The Morgan fingerprint density at radius 3 is 2.76 bits per heavy atom. The van der Waals surface area contributed by atoms with Gasteiger partial charge in [0.05, 0.1) is 19.2 Å². The third kappa shape index (κ3) is 5.36. The molecule has 3 N–H and O–H groups in total. The van der Waals surface area contributed by atoms with Gasteiger partial charge in [0.25, 0.3) is 0 Å². The number of halogens is 1. The number of nitrogens with zero attached hydrogens (tertiary/aromatic N) is 1. The van der Waals surface area contributed by atoms with Crippen molar-refractivity contribution in [3.63, 3.8) is 0 Å². The molecule has 1 aliphatic heterocycles. The van der Waals surface area contributed by atoms with E-state index < -0.39 is 6.04 Å². The van der Waals surface area contributed by atoms with Gasteiger partial charge in [-0.2, -0.15) is 0 Å². The van der Waals surface area contributed by atoms with Crippen LogP contribution in [0.15, 0.2) is 48.5 Å². The zero-order valence-electron chi connectivity index (χ0n) is 15.8. The third-order valence-corrected chi connectivity index (χ3v) is 5.00. The first-order valence-corrected chi connectivity index (χ1v) is 9.80. The predicted octanol–water partition coefficient (Wildman–Crippen LogP) is 2.87. The highest BCUT2D eigenvalue weighted by Gasteiger charge is 2.33. The number of rotatable bonds is 5. The highest BCUT2D eigenvalue weighted by Crippen LogP contribution is 2.28. The Balaban J connectivity index is 1.71. The van der Waals surface area contributed by atoms with Gasteiger partial charge in [0.2, 0.25) is 11.8 Å². The summed E-state index contributed by atoms with van der Waals surface area (Å²) in [5, 5.41) is 9.52. The summed E-state index contributed by atoms with van der Waals surface area (Å²) in [6.45, 7) is 0.957. The number of amides is 2. The lowest BCUT2D eigenvalue weighted by Crippen LogP contribution is -2.58. The van der Waals surface area contributed by atoms with E-state index in [1.165, 1.54) is 7.11 Å². The lowest BCUT2D eigenvalue weighted by Gasteiger charge is -2.36. The van der Waals surface area contributed by atoms with Gasteiger partial charge in [0.1, 0.15) is 11.8 Å². The molecule has 0 bridgehead atoms. The number of benzene rings is 2. The van der Waals surface area contributed by atoms with E-state index in [1.54, 1.807) is 23.1 Å². The number of ether oxygens (including phenoxy) is 1. The molecule has 2 aromatic rings. The van der Waals surface area contributed by atoms with Gasteiger partial charge in [-0.05, 0) is 42.5 Å². The Hall–Kier alpha value is -2.84. The van der Waals surface area contributed by atoms with E-state index in [0.717, 1.165) is 5.69 Å². The Morgan fingerprint density at radius 1 is 1.28 bits per heavy atom. The number of para-hydroxylation sites is 1. The molecule has 1 aliphatic rings. The zero-order chi connectivity index (χ0) is 20.8. The Labute approximate surface area is 179 Å². The molecule has 3 rings (SSSR count). The quantitative estimate of drug-likeness (QED) is 0.630. The molecule has 2 amide bonds. The van der Waals surface area contributed by atoms with Crippen molar-refractivity contribution in [2.75, 3.05) is 30.8 Å². The van der Waals surface area contributed by atoms with Crippen LogP contribution in [0.25, 0.3) is 0 Å². The van der Waals surface area contributed by atoms with Crippen LogP contribution in [0, 0.1) is 0 Å². The van der Waals surface area contributed by atoms with Crippen LogP contribution in [0.1, 0.15) is 6.42 Å². The fourth-order valence-corrected chi connectivity index (χ4v) is 3.54. The molecule has 0 aliphatic carbocycles. The van der Waals surface area contributed by atoms with Crippen molar-refractivity contribution in [1.29, 1.82) is 0 Å². The van der Waals surface area contributed by atoms with Crippen LogP contribution in [-0.2, 0) is 9.59 Å². The fraction of sp³-hybridized carbons (Fsp3) is 0.250. The second kappa shape index (κ2) is 9.58. The van der Waals surface area contributed by atoms with Gasteiger partial charge in [0, 0.05) is 23.8 Å². The molecular weight excluding hydrogens is 412 g/mol.